The van der Waals surface area contributed by atoms with Crippen LogP contribution in [-0.4, -0.2) is 5.91 Å². The number of amides is 1. The molecule has 0 saturated carbocycles. The molecule has 0 atom stereocenters. The summed E-state index contributed by atoms with van der Waals surface area (Å²) in [4.78, 5) is 10.4. The standard InChI is InChI=1S/C7H15NO/c1-7(2,3)5-4-6(8)9/h4-5H2,1-3H3,(H2,8,9)/p+1. The normalized spacial score (nSPS) is 11.6. The van der Waals surface area contributed by atoms with Gasteiger partial charge in [0, 0.05) is 0 Å². The van der Waals surface area contributed by atoms with Crippen LogP contribution in [0.2, 0.25) is 0 Å². The van der Waals surface area contributed by atoms with Crippen LogP contribution >= 0.6 is 0 Å². The molecule has 0 spiro atoms. The average molecular weight is 130 g/mol. The van der Waals surface area contributed by atoms with Gasteiger partial charge in [0.1, 0.15) is 0 Å². The molecule has 0 heterocycles. The van der Waals surface area contributed by atoms with Crippen molar-refractivity contribution in [3.63, 3.8) is 0 Å². The second-order valence-electron chi connectivity index (χ2n) is 3.60. The fourth-order valence-electron chi connectivity index (χ4n) is 0.514. The summed E-state index contributed by atoms with van der Waals surface area (Å²) in [6, 6.07) is 0. The zero-order chi connectivity index (χ0) is 7.49. The van der Waals surface area contributed by atoms with E-state index in [2.05, 4.69) is 26.5 Å². The van der Waals surface area contributed by atoms with E-state index < -0.39 is 0 Å². The molecule has 0 radical (unpaired) electrons. The van der Waals surface area contributed by atoms with Crippen LogP contribution < -0.4 is 5.73 Å². The van der Waals surface area contributed by atoms with E-state index >= 15 is 0 Å². The first kappa shape index (κ1) is 8.63. The van der Waals surface area contributed by atoms with E-state index in [-0.39, 0.29) is 11.3 Å². The largest absolute Gasteiger partial charge is 0.308 e. The van der Waals surface area contributed by atoms with E-state index in [1.165, 1.54) is 0 Å². The highest BCUT2D eigenvalue weighted by Crippen LogP contribution is 2.19. The Bertz CT molecular complexity index is 102. The first-order valence-corrected chi connectivity index (χ1v) is 3.26. The van der Waals surface area contributed by atoms with Crippen LogP contribution in [0, 0.1) is 5.41 Å². The van der Waals surface area contributed by atoms with Gasteiger partial charge < -0.3 is 0 Å². The minimum atomic E-state index is 0.0462. The van der Waals surface area contributed by atoms with Crippen molar-refractivity contribution in [2.45, 2.75) is 33.6 Å². The minimum absolute atomic E-state index is 0.0462. The molecule has 0 saturated heterocycles. The maximum atomic E-state index is 10.4. The Labute approximate surface area is 56.4 Å². The lowest BCUT2D eigenvalue weighted by Gasteiger charge is -2.15. The van der Waals surface area contributed by atoms with Crippen LogP contribution in [0.5, 0.6) is 0 Å². The zero-order valence-corrected chi connectivity index (χ0v) is 6.53. The number of carbonyl (C=O) groups excluding carboxylic acids is 1. The van der Waals surface area contributed by atoms with E-state index in [0.717, 1.165) is 6.42 Å². The predicted octanol–water partition coefficient (Wildman–Crippen LogP) is 0.581. The molecule has 0 aliphatic rings. The quantitative estimate of drug-likeness (QED) is 0.584. The second-order valence-corrected chi connectivity index (χ2v) is 3.60. The lowest BCUT2D eigenvalue weighted by Crippen LogP contribution is -2.56. The van der Waals surface area contributed by atoms with Crippen LogP contribution in [0.4, 0.5) is 0 Å². The van der Waals surface area contributed by atoms with Gasteiger partial charge in [0.15, 0.2) is 0 Å². The molecule has 2 heteroatoms. The van der Waals surface area contributed by atoms with E-state index in [9.17, 15) is 4.79 Å². The molecule has 0 unspecified atom stereocenters. The molecule has 2 nitrogen and oxygen atoms in total. The molecule has 0 aliphatic heterocycles. The van der Waals surface area contributed by atoms with Gasteiger partial charge in [0.25, 0.3) is 0 Å². The first-order chi connectivity index (χ1) is 3.92. The summed E-state index contributed by atoms with van der Waals surface area (Å²) in [5.74, 6) is 0.0462. The summed E-state index contributed by atoms with van der Waals surface area (Å²) in [5.41, 5.74) is 3.57. The molecule has 0 aromatic carbocycles. The van der Waals surface area contributed by atoms with Crippen LogP contribution in [0.15, 0.2) is 0 Å². The predicted molar refractivity (Wildman–Crippen MR) is 36.6 cm³/mol. The van der Waals surface area contributed by atoms with Crippen molar-refractivity contribution in [2.75, 3.05) is 0 Å². The zero-order valence-electron chi connectivity index (χ0n) is 6.53. The van der Waals surface area contributed by atoms with Gasteiger partial charge in [0.05, 0.1) is 6.42 Å². The third-order valence-corrected chi connectivity index (χ3v) is 1.15. The van der Waals surface area contributed by atoms with Gasteiger partial charge in [0.2, 0.25) is 0 Å². The third-order valence-electron chi connectivity index (χ3n) is 1.15. The van der Waals surface area contributed by atoms with Crippen LogP contribution in [0.3, 0.4) is 0 Å². The molecule has 9 heavy (non-hydrogen) atoms. The second kappa shape index (κ2) is 2.97. The Morgan fingerprint density at radius 3 is 2.00 bits per heavy atom. The molecular formula is C7H16NO+. The van der Waals surface area contributed by atoms with Crippen molar-refractivity contribution >= 4 is 5.91 Å². The highest BCUT2D eigenvalue weighted by Gasteiger charge is 2.11. The van der Waals surface area contributed by atoms with E-state index in [4.69, 9.17) is 0 Å². The van der Waals surface area contributed by atoms with Crippen molar-refractivity contribution in [3.8, 4) is 0 Å². The summed E-state index contributed by atoms with van der Waals surface area (Å²) in [5, 5.41) is 0. The Balaban J connectivity index is 3.39. The fourth-order valence-corrected chi connectivity index (χ4v) is 0.514. The van der Waals surface area contributed by atoms with E-state index in [1.54, 1.807) is 0 Å². The molecule has 0 aromatic heterocycles. The third kappa shape index (κ3) is 7.63. The highest BCUT2D eigenvalue weighted by molar-refractivity contribution is 5.64. The molecule has 1 amide bonds. The van der Waals surface area contributed by atoms with Gasteiger partial charge >= 0.3 is 5.91 Å². The number of carbonyl (C=O) groups is 1. The Morgan fingerprint density at radius 2 is 1.89 bits per heavy atom. The summed E-state index contributed by atoms with van der Waals surface area (Å²) >= 11 is 0. The Kier molecular flexibility index (Phi) is 2.85. The van der Waals surface area contributed by atoms with Gasteiger partial charge in [-0.3, -0.25) is 5.73 Å². The van der Waals surface area contributed by atoms with Gasteiger partial charge in [-0.1, -0.05) is 20.8 Å². The summed E-state index contributed by atoms with van der Waals surface area (Å²) in [7, 11) is 0. The lowest BCUT2D eigenvalue weighted by molar-refractivity contribution is -0.306. The smallest absolute Gasteiger partial charge is 0.295 e. The number of quaternary nitrogens is 1. The minimum Gasteiger partial charge on any atom is -0.295 e. The summed E-state index contributed by atoms with van der Waals surface area (Å²) in [6.45, 7) is 6.36. The summed E-state index contributed by atoms with van der Waals surface area (Å²) in [6.07, 6.45) is 1.55. The van der Waals surface area contributed by atoms with Crippen molar-refractivity contribution in [1.82, 2.24) is 0 Å². The number of hydrogen-bond donors (Lipinski definition) is 1. The molecule has 0 fully saturated rings. The molecule has 0 aliphatic carbocycles. The Morgan fingerprint density at radius 1 is 1.44 bits per heavy atom. The van der Waals surface area contributed by atoms with Gasteiger partial charge in [-0.15, -0.1) is 0 Å². The summed E-state index contributed by atoms with van der Waals surface area (Å²) < 4.78 is 0. The fraction of sp³-hybridized carbons (Fsp3) is 0.857. The SMILES string of the molecule is CC(C)(C)CCC([NH3+])=O. The molecule has 54 valence electrons. The maximum absolute atomic E-state index is 10.4. The van der Waals surface area contributed by atoms with Gasteiger partial charge in [-0.25, -0.2) is 4.79 Å². The maximum Gasteiger partial charge on any atom is 0.308 e. The van der Waals surface area contributed by atoms with E-state index in [0.29, 0.717) is 6.42 Å². The first-order valence-electron chi connectivity index (χ1n) is 3.26. The molecule has 3 N–H and O–H groups in total. The van der Waals surface area contributed by atoms with Crippen LogP contribution in [0.1, 0.15) is 33.6 Å². The van der Waals surface area contributed by atoms with Crippen molar-refractivity contribution in [3.05, 3.63) is 0 Å². The topological polar surface area (TPSA) is 44.7 Å². The van der Waals surface area contributed by atoms with Crippen LogP contribution in [-0.2, 0) is 4.79 Å². The molecule has 0 rings (SSSR count). The number of hydrogen-bond acceptors (Lipinski definition) is 1. The van der Waals surface area contributed by atoms with Gasteiger partial charge in [-0.05, 0) is 11.8 Å². The molecule has 0 aromatic rings. The van der Waals surface area contributed by atoms with Crippen molar-refractivity contribution in [1.29, 1.82) is 0 Å². The van der Waals surface area contributed by atoms with Gasteiger partial charge in [-0.2, -0.15) is 0 Å². The van der Waals surface area contributed by atoms with E-state index in [1.807, 2.05) is 0 Å². The lowest BCUT2D eigenvalue weighted by atomic mass is 9.90. The molecule has 0 bridgehead atoms. The Hall–Kier alpha value is -0.370. The monoisotopic (exact) mass is 130 g/mol. The molecular weight excluding hydrogens is 114 g/mol. The average Bonchev–Trinajstić information content (AvgIpc) is 1.59. The highest BCUT2D eigenvalue weighted by atomic mass is 16.1. The van der Waals surface area contributed by atoms with Crippen molar-refractivity contribution in [2.24, 2.45) is 5.41 Å². The van der Waals surface area contributed by atoms with Crippen molar-refractivity contribution < 1.29 is 10.5 Å². The number of rotatable bonds is 2. The van der Waals surface area contributed by atoms with Crippen LogP contribution in [0.25, 0.3) is 0 Å².